The van der Waals surface area contributed by atoms with Gasteiger partial charge in [-0.2, -0.15) is 0 Å². The summed E-state index contributed by atoms with van der Waals surface area (Å²) < 4.78 is 23.7. The molecule has 2 saturated heterocycles. The predicted molar refractivity (Wildman–Crippen MR) is 221 cm³/mol. The average molecular weight is 825 g/mol. The summed E-state index contributed by atoms with van der Waals surface area (Å²) in [5.41, 5.74) is -3.15. The molecule has 2 bridgehead atoms. The molecule has 6 aliphatic rings. The Labute approximate surface area is 349 Å². The lowest BCUT2D eigenvalue weighted by molar-refractivity contribution is -0.228. The van der Waals surface area contributed by atoms with E-state index in [1.165, 1.54) is 33.2 Å². The standard InChI is InChI=1S/C46H56N4O10/c1-7-42(55)22-28-23-45(40(53)58-5,36-30(14-18-48(24-28)25-42)29-12-9-10-13-33(29)47-36)32-20-31-34(21-35(32)57-4)50(26-51)38-44(31)16-19-49-17-11-15-43(8-2,37(44)49)39(60-27(3)52)46(38,56)41(54)59-6/h9-13,15,20-21,26,28,37-39,47,55-56H,7-8,14,16-19,22-25H2,1-6H3/t28-,37+,38-,39+,42+,43-,44+,45+,46+/m1/s1. The first kappa shape index (κ1) is 40.6. The topological polar surface area (TPSA) is 171 Å². The summed E-state index contributed by atoms with van der Waals surface area (Å²) in [4.78, 5) is 66.1. The lowest BCUT2D eigenvalue weighted by Gasteiger charge is -2.63. The summed E-state index contributed by atoms with van der Waals surface area (Å²) >= 11 is 0. The number of para-hydroxylation sites is 1. The highest BCUT2D eigenvalue weighted by molar-refractivity contribution is 5.96. The van der Waals surface area contributed by atoms with Crippen LogP contribution in [0.3, 0.4) is 0 Å². The van der Waals surface area contributed by atoms with Crippen molar-refractivity contribution in [3.8, 4) is 5.75 Å². The zero-order valence-corrected chi connectivity index (χ0v) is 35.3. The van der Waals surface area contributed by atoms with Crippen LogP contribution in [0.1, 0.15) is 75.3 Å². The third-order valence-electron chi connectivity index (χ3n) is 15.5. The highest BCUT2D eigenvalue weighted by Crippen LogP contribution is 2.68. The van der Waals surface area contributed by atoms with Gasteiger partial charge in [-0.25, -0.2) is 4.79 Å². The van der Waals surface area contributed by atoms with E-state index in [0.29, 0.717) is 99.5 Å². The third-order valence-corrected chi connectivity index (χ3v) is 15.5. The van der Waals surface area contributed by atoms with E-state index in [9.17, 15) is 24.6 Å². The molecule has 2 aromatic carbocycles. The number of benzene rings is 2. The Morgan fingerprint density at radius 1 is 0.967 bits per heavy atom. The van der Waals surface area contributed by atoms with Crippen LogP contribution in [0.15, 0.2) is 48.6 Å². The lowest BCUT2D eigenvalue weighted by atomic mass is 9.47. The fraction of sp³-hybridized carbons (Fsp3) is 0.565. The van der Waals surface area contributed by atoms with E-state index in [0.717, 1.165) is 16.5 Å². The highest BCUT2D eigenvalue weighted by atomic mass is 16.6. The smallest absolute Gasteiger partial charge is 0.344 e. The average Bonchev–Trinajstić information content (AvgIpc) is 3.92. The molecule has 6 heterocycles. The molecule has 0 radical (unpaired) electrons. The molecule has 3 N–H and O–H groups in total. The maximum Gasteiger partial charge on any atom is 0.344 e. The maximum absolute atomic E-state index is 15.3. The second kappa shape index (κ2) is 14.1. The number of carbonyl (C=O) groups is 4. The second-order valence-electron chi connectivity index (χ2n) is 18.1. The number of aliphatic hydroxyl groups is 2. The first-order valence-electron chi connectivity index (χ1n) is 21.3. The maximum atomic E-state index is 15.3. The van der Waals surface area contributed by atoms with E-state index in [1.807, 2.05) is 50.3 Å². The number of esters is 3. The van der Waals surface area contributed by atoms with Crippen LogP contribution in [0.25, 0.3) is 10.9 Å². The number of aromatic amines is 1. The van der Waals surface area contributed by atoms with E-state index in [1.54, 1.807) is 6.07 Å². The van der Waals surface area contributed by atoms with Crippen LogP contribution in [0.4, 0.5) is 5.69 Å². The van der Waals surface area contributed by atoms with Gasteiger partial charge in [-0.05, 0) is 74.2 Å². The van der Waals surface area contributed by atoms with Crippen LogP contribution in [0.5, 0.6) is 5.75 Å². The molecule has 1 amide bonds. The van der Waals surface area contributed by atoms with Gasteiger partial charge in [0.1, 0.15) is 11.2 Å². The molecule has 1 spiro atoms. The van der Waals surface area contributed by atoms with Gasteiger partial charge >= 0.3 is 17.9 Å². The number of H-pyrrole nitrogens is 1. The summed E-state index contributed by atoms with van der Waals surface area (Å²) in [6.45, 7) is 8.16. The zero-order valence-electron chi connectivity index (χ0n) is 35.3. The number of methoxy groups -OCH3 is 3. The molecule has 1 saturated carbocycles. The molecule has 320 valence electrons. The van der Waals surface area contributed by atoms with Crippen molar-refractivity contribution in [1.82, 2.24) is 14.8 Å². The van der Waals surface area contributed by atoms with Gasteiger partial charge in [0.05, 0.1) is 38.7 Å². The summed E-state index contributed by atoms with van der Waals surface area (Å²) in [5, 5.41) is 26.3. The SMILES string of the molecule is CC[C@]1(O)C[C@H]2CN(CCc3c([nH]c4ccccc34)[C@@](C(=O)OC)(c3cc4c(cc3OC)N(C=O)[C@H]3[C@@](O)(C(=O)OC)[C@@H](OC(C)=O)[C@]5(CC)C=CCN6CC[C@@]43[C@@H]65)C2)C1. The van der Waals surface area contributed by atoms with E-state index in [2.05, 4.69) is 20.9 Å². The quantitative estimate of drug-likeness (QED) is 0.131. The van der Waals surface area contributed by atoms with Crippen LogP contribution in [-0.2, 0) is 50.6 Å². The summed E-state index contributed by atoms with van der Waals surface area (Å²) in [6, 6.07) is 9.97. The van der Waals surface area contributed by atoms with E-state index >= 15 is 4.79 Å². The molecule has 3 fully saturated rings. The van der Waals surface area contributed by atoms with Crippen LogP contribution >= 0.6 is 0 Å². The molecule has 10 atom stereocenters. The van der Waals surface area contributed by atoms with Gasteiger partial charge in [0.15, 0.2) is 6.10 Å². The van der Waals surface area contributed by atoms with Crippen molar-refractivity contribution in [1.29, 1.82) is 0 Å². The van der Waals surface area contributed by atoms with Gasteiger partial charge in [0.2, 0.25) is 12.0 Å². The molecule has 1 aliphatic carbocycles. The third kappa shape index (κ3) is 5.19. The molecule has 5 aliphatic heterocycles. The van der Waals surface area contributed by atoms with Gasteiger partial charge in [0, 0.05) is 78.2 Å². The Kier molecular flexibility index (Phi) is 9.58. The highest BCUT2D eigenvalue weighted by Gasteiger charge is 2.81. The van der Waals surface area contributed by atoms with E-state index < -0.39 is 63.5 Å². The van der Waals surface area contributed by atoms with Crippen molar-refractivity contribution in [2.24, 2.45) is 11.3 Å². The van der Waals surface area contributed by atoms with Gasteiger partial charge in [-0.1, -0.05) is 44.2 Å². The number of amides is 1. The Bertz CT molecular complexity index is 2310. The number of nitrogens with one attached hydrogen (secondary N) is 1. The van der Waals surface area contributed by atoms with Crippen LogP contribution < -0.4 is 9.64 Å². The summed E-state index contributed by atoms with van der Waals surface area (Å²) in [6.07, 6.45) is 5.83. The molecule has 3 aromatic rings. The lowest BCUT2D eigenvalue weighted by Crippen LogP contribution is -2.81. The monoisotopic (exact) mass is 824 g/mol. The fourth-order valence-corrected chi connectivity index (χ4v) is 13.4. The second-order valence-corrected chi connectivity index (χ2v) is 18.1. The van der Waals surface area contributed by atoms with E-state index in [4.69, 9.17) is 18.9 Å². The Balaban J connectivity index is 1.38. The van der Waals surface area contributed by atoms with Crippen molar-refractivity contribution in [2.45, 2.75) is 99.5 Å². The molecular weight excluding hydrogens is 769 g/mol. The number of nitrogens with zero attached hydrogens (tertiary/aromatic N) is 3. The minimum absolute atomic E-state index is 0.155. The number of hydrogen-bond acceptors (Lipinski definition) is 12. The van der Waals surface area contributed by atoms with Crippen molar-refractivity contribution in [2.75, 3.05) is 59.0 Å². The van der Waals surface area contributed by atoms with Gasteiger partial charge < -0.3 is 39.0 Å². The number of hydrogen-bond donors (Lipinski definition) is 3. The fourth-order valence-electron chi connectivity index (χ4n) is 13.4. The molecule has 14 heteroatoms. The Morgan fingerprint density at radius 3 is 2.42 bits per heavy atom. The predicted octanol–water partition coefficient (Wildman–Crippen LogP) is 3.52. The van der Waals surface area contributed by atoms with Gasteiger partial charge in [-0.15, -0.1) is 0 Å². The van der Waals surface area contributed by atoms with Gasteiger partial charge in [-0.3, -0.25) is 24.2 Å². The summed E-state index contributed by atoms with van der Waals surface area (Å²) in [7, 11) is 4.09. The zero-order chi connectivity index (χ0) is 42.6. The number of rotatable bonds is 8. The molecular formula is C46H56N4O10. The first-order chi connectivity index (χ1) is 28.8. The van der Waals surface area contributed by atoms with Crippen LogP contribution in [0.2, 0.25) is 0 Å². The Hall–Kier alpha value is -4.76. The number of piperidine rings is 1. The Morgan fingerprint density at radius 2 is 1.73 bits per heavy atom. The van der Waals surface area contributed by atoms with Crippen molar-refractivity contribution in [3.63, 3.8) is 0 Å². The van der Waals surface area contributed by atoms with Crippen molar-refractivity contribution < 1.29 is 48.3 Å². The summed E-state index contributed by atoms with van der Waals surface area (Å²) in [5.74, 6) is -2.06. The minimum atomic E-state index is -2.53. The number of aromatic nitrogens is 1. The van der Waals surface area contributed by atoms with Crippen LogP contribution in [-0.4, -0.2) is 133 Å². The number of carbonyl (C=O) groups excluding carboxylic acids is 4. The van der Waals surface area contributed by atoms with E-state index in [-0.39, 0.29) is 12.3 Å². The largest absolute Gasteiger partial charge is 0.496 e. The number of ether oxygens (including phenoxy) is 4. The molecule has 60 heavy (non-hydrogen) atoms. The van der Waals surface area contributed by atoms with Crippen LogP contribution in [0, 0.1) is 11.3 Å². The number of fused-ring (bicyclic) bond motifs is 6. The number of anilines is 1. The first-order valence-corrected chi connectivity index (χ1v) is 21.3. The molecule has 1 unspecified atom stereocenters. The normalized spacial score (nSPS) is 36.5. The minimum Gasteiger partial charge on any atom is -0.496 e. The molecule has 14 nitrogen and oxygen atoms in total. The molecule has 9 rings (SSSR count). The molecule has 1 aromatic heterocycles. The van der Waals surface area contributed by atoms with Crippen molar-refractivity contribution in [3.05, 3.63) is 70.9 Å². The van der Waals surface area contributed by atoms with Gasteiger partial charge in [0.25, 0.3) is 0 Å². The van der Waals surface area contributed by atoms with Crippen molar-refractivity contribution >= 4 is 40.9 Å².